The van der Waals surface area contributed by atoms with Gasteiger partial charge in [-0.05, 0) is 147 Å². The predicted octanol–water partition coefficient (Wildman–Crippen LogP) is 14.9. The molecule has 1 nitrogen and oxygen atoms in total. The Bertz CT molecular complexity index is 2870. The van der Waals surface area contributed by atoms with Crippen molar-refractivity contribution in [1.82, 2.24) is 0 Å². The summed E-state index contributed by atoms with van der Waals surface area (Å²) in [5.41, 5.74) is 19.7. The highest BCUT2D eigenvalue weighted by Crippen LogP contribution is 2.71. The van der Waals surface area contributed by atoms with Gasteiger partial charge >= 0.3 is 0 Å². The normalized spacial score (nSPS) is 23.2. The SMILES string of the molecule is c1ccc(-c2ccc(N(c3ccc4c(c3)C3(c5ccccc5-c5ccccc53)c3ccccc3C43C4CC5CC(C4)CC3C5)c3ccccc3-c3ccccc3)cc2)cc1. The van der Waals surface area contributed by atoms with Gasteiger partial charge in [-0.3, -0.25) is 0 Å². The van der Waals surface area contributed by atoms with Gasteiger partial charge in [-0.15, -0.1) is 0 Å². The van der Waals surface area contributed by atoms with Crippen LogP contribution in [0.15, 0.2) is 200 Å². The average Bonchev–Trinajstić information content (AvgIpc) is 3.61. The van der Waals surface area contributed by atoms with Crippen LogP contribution in [0.2, 0.25) is 0 Å². The number of rotatable bonds is 5. The number of nitrogens with zero attached hydrogens (tertiary/aromatic N) is 1. The number of para-hydroxylation sites is 1. The Kier molecular flexibility index (Phi) is 7.48. The molecule has 6 aliphatic carbocycles. The van der Waals surface area contributed by atoms with E-state index in [2.05, 4.69) is 205 Å². The molecule has 0 aliphatic heterocycles. The Morgan fingerprint density at radius 3 is 1.43 bits per heavy atom. The van der Waals surface area contributed by atoms with E-state index >= 15 is 0 Å². The number of anilines is 3. The molecule has 0 saturated heterocycles. The van der Waals surface area contributed by atoms with E-state index in [9.17, 15) is 0 Å². The van der Waals surface area contributed by atoms with E-state index in [-0.39, 0.29) is 5.41 Å². The zero-order valence-corrected chi connectivity index (χ0v) is 33.8. The Morgan fingerprint density at radius 2 is 0.800 bits per heavy atom. The molecule has 4 saturated carbocycles. The van der Waals surface area contributed by atoms with Crippen molar-refractivity contribution in [2.24, 2.45) is 23.7 Å². The van der Waals surface area contributed by atoms with Gasteiger partial charge < -0.3 is 4.90 Å². The first kappa shape index (κ1) is 34.4. The van der Waals surface area contributed by atoms with E-state index in [4.69, 9.17) is 0 Å². The zero-order valence-electron chi connectivity index (χ0n) is 33.8. The average molecular weight is 770 g/mol. The number of hydrogen-bond donors (Lipinski definition) is 0. The van der Waals surface area contributed by atoms with E-state index < -0.39 is 5.41 Å². The van der Waals surface area contributed by atoms with E-state index in [0.717, 1.165) is 17.5 Å². The lowest BCUT2D eigenvalue weighted by Crippen LogP contribution is -2.59. The Balaban J connectivity index is 1.12. The zero-order chi connectivity index (χ0) is 39.4. The molecule has 6 aliphatic rings. The molecule has 4 bridgehead atoms. The van der Waals surface area contributed by atoms with Gasteiger partial charge in [-0.25, -0.2) is 0 Å². The minimum atomic E-state index is -0.448. The summed E-state index contributed by atoms with van der Waals surface area (Å²) in [5, 5.41) is 0. The third-order valence-corrected chi connectivity index (χ3v) is 15.7. The topological polar surface area (TPSA) is 3.24 Å². The largest absolute Gasteiger partial charge is 0.310 e. The number of benzene rings is 8. The van der Waals surface area contributed by atoms with Crippen LogP contribution in [-0.2, 0) is 10.8 Å². The highest BCUT2D eigenvalue weighted by molar-refractivity contribution is 5.92. The van der Waals surface area contributed by atoms with Crippen molar-refractivity contribution in [3.63, 3.8) is 0 Å². The van der Waals surface area contributed by atoms with Crippen LogP contribution in [0.4, 0.5) is 17.1 Å². The van der Waals surface area contributed by atoms with Gasteiger partial charge in [-0.1, -0.05) is 170 Å². The lowest BCUT2D eigenvalue weighted by Gasteiger charge is -2.65. The highest BCUT2D eigenvalue weighted by atomic mass is 15.1. The number of fused-ring (bicyclic) bond motifs is 9. The molecule has 60 heavy (non-hydrogen) atoms. The molecule has 2 spiro atoms. The van der Waals surface area contributed by atoms with Crippen LogP contribution < -0.4 is 4.90 Å². The minimum Gasteiger partial charge on any atom is -0.310 e. The molecule has 0 unspecified atom stereocenters. The lowest BCUT2D eigenvalue weighted by atomic mass is 9.38. The summed E-state index contributed by atoms with van der Waals surface area (Å²) in [5.74, 6) is 3.06. The Morgan fingerprint density at radius 1 is 0.333 bits per heavy atom. The summed E-state index contributed by atoms with van der Waals surface area (Å²) >= 11 is 0. The fourth-order valence-electron chi connectivity index (χ4n) is 13.8. The first-order valence-corrected chi connectivity index (χ1v) is 22.3. The molecule has 0 heterocycles. The quantitative estimate of drug-likeness (QED) is 0.169. The van der Waals surface area contributed by atoms with Crippen molar-refractivity contribution in [3.05, 3.63) is 234 Å². The van der Waals surface area contributed by atoms with E-state index in [1.807, 2.05) is 0 Å². The van der Waals surface area contributed by atoms with Crippen molar-refractivity contribution in [2.45, 2.75) is 42.9 Å². The summed E-state index contributed by atoms with van der Waals surface area (Å²) < 4.78 is 0. The van der Waals surface area contributed by atoms with E-state index in [1.165, 1.54) is 99.1 Å². The lowest BCUT2D eigenvalue weighted by molar-refractivity contribution is -0.0440. The molecular formula is C59H47N. The third-order valence-electron chi connectivity index (χ3n) is 15.7. The third kappa shape index (κ3) is 4.64. The summed E-state index contributed by atoms with van der Waals surface area (Å²) in [4.78, 5) is 2.54. The smallest absolute Gasteiger partial charge is 0.0720 e. The molecule has 8 aromatic carbocycles. The van der Waals surface area contributed by atoms with Gasteiger partial charge in [-0.2, -0.15) is 0 Å². The second-order valence-electron chi connectivity index (χ2n) is 18.4. The molecule has 0 amide bonds. The Hall–Kier alpha value is -6.44. The summed E-state index contributed by atoms with van der Waals surface area (Å²) in [7, 11) is 0. The van der Waals surface area contributed by atoms with Gasteiger partial charge in [0.05, 0.1) is 11.1 Å². The maximum absolute atomic E-state index is 2.66. The van der Waals surface area contributed by atoms with Crippen LogP contribution in [0.25, 0.3) is 33.4 Å². The molecule has 288 valence electrons. The van der Waals surface area contributed by atoms with Crippen LogP contribution in [0.5, 0.6) is 0 Å². The second-order valence-corrected chi connectivity index (χ2v) is 18.4. The van der Waals surface area contributed by atoms with Crippen molar-refractivity contribution in [2.75, 3.05) is 4.90 Å². The van der Waals surface area contributed by atoms with Crippen LogP contribution in [-0.4, -0.2) is 0 Å². The van der Waals surface area contributed by atoms with Crippen LogP contribution >= 0.6 is 0 Å². The van der Waals surface area contributed by atoms with Gasteiger partial charge in [0.25, 0.3) is 0 Å². The van der Waals surface area contributed by atoms with Gasteiger partial charge in [0.2, 0.25) is 0 Å². The molecule has 4 fully saturated rings. The van der Waals surface area contributed by atoms with Crippen molar-refractivity contribution < 1.29 is 0 Å². The fraction of sp³-hybridized carbons (Fsp3) is 0.186. The molecule has 0 N–H and O–H groups in total. The molecule has 1 heteroatoms. The highest BCUT2D eigenvalue weighted by Gasteiger charge is 2.64. The fourth-order valence-corrected chi connectivity index (χ4v) is 13.8. The van der Waals surface area contributed by atoms with Crippen LogP contribution in [0, 0.1) is 23.7 Å². The first-order valence-electron chi connectivity index (χ1n) is 22.3. The van der Waals surface area contributed by atoms with Gasteiger partial charge in [0.1, 0.15) is 0 Å². The molecule has 14 rings (SSSR count). The molecule has 0 aromatic heterocycles. The van der Waals surface area contributed by atoms with Gasteiger partial charge in [0.15, 0.2) is 0 Å². The van der Waals surface area contributed by atoms with E-state index in [0.29, 0.717) is 11.8 Å². The van der Waals surface area contributed by atoms with Crippen LogP contribution in [0.3, 0.4) is 0 Å². The summed E-state index contributed by atoms with van der Waals surface area (Å²) in [6, 6.07) is 76.2. The maximum Gasteiger partial charge on any atom is 0.0720 e. The standard InChI is InChI=1S/C59H47N/c1-3-15-41(16-4-1)42-27-29-46(30-28-42)60(57-26-14-9-19-48(57)43-17-5-2-6-18-43)47-31-32-55-56(38-47)59(51-22-10-7-20-49(51)50-21-8-11-23-52(50)59)54-25-13-12-24-53(54)58(55)44-34-39-33-40(36-44)37-45(58)35-39/h1-32,38-40,44-45H,33-37H2. The Labute approximate surface area is 354 Å². The first-order chi connectivity index (χ1) is 29.7. The molecule has 0 radical (unpaired) electrons. The van der Waals surface area contributed by atoms with Crippen LogP contribution in [0.1, 0.15) is 65.5 Å². The van der Waals surface area contributed by atoms with Crippen molar-refractivity contribution in [3.8, 4) is 33.4 Å². The molecule has 8 aromatic rings. The molecular weight excluding hydrogens is 723 g/mol. The second kappa shape index (κ2) is 13.0. The monoisotopic (exact) mass is 769 g/mol. The van der Waals surface area contributed by atoms with Crippen molar-refractivity contribution in [1.29, 1.82) is 0 Å². The summed E-state index contributed by atoms with van der Waals surface area (Å²) in [6.45, 7) is 0. The van der Waals surface area contributed by atoms with Crippen molar-refractivity contribution >= 4 is 17.1 Å². The molecule has 0 atom stereocenters. The minimum absolute atomic E-state index is 0.000286. The maximum atomic E-state index is 2.66. The summed E-state index contributed by atoms with van der Waals surface area (Å²) in [6.07, 6.45) is 6.86. The predicted molar refractivity (Wildman–Crippen MR) is 247 cm³/mol. The van der Waals surface area contributed by atoms with E-state index in [1.54, 1.807) is 11.1 Å². The number of hydrogen-bond acceptors (Lipinski definition) is 1. The van der Waals surface area contributed by atoms with Gasteiger partial charge in [0, 0.05) is 22.4 Å².